The predicted octanol–water partition coefficient (Wildman–Crippen LogP) is 5.09. The highest BCUT2D eigenvalue weighted by molar-refractivity contribution is 9.11. The van der Waals surface area contributed by atoms with Gasteiger partial charge in [-0.25, -0.2) is 0 Å². The molecule has 0 unspecified atom stereocenters. The summed E-state index contributed by atoms with van der Waals surface area (Å²) >= 11 is 12.8. The van der Waals surface area contributed by atoms with Crippen LogP contribution in [0.5, 0.6) is 5.75 Å². The molecule has 6 heteroatoms. The first kappa shape index (κ1) is 19.5. The molecule has 2 nitrogen and oxygen atoms in total. The monoisotopic (exact) mass is 433 g/mol. The molecule has 0 heterocycles. The first-order valence-corrected chi connectivity index (χ1v) is 8.13. The van der Waals surface area contributed by atoms with Crippen LogP contribution in [-0.2, 0) is 5.88 Å². The molecule has 0 spiro atoms. The molecule has 1 rings (SSSR count). The Labute approximate surface area is 143 Å². The third-order valence-electron chi connectivity index (χ3n) is 2.76. The summed E-state index contributed by atoms with van der Waals surface area (Å²) in [5, 5.41) is 0. The van der Waals surface area contributed by atoms with Crippen LogP contribution in [0.4, 0.5) is 0 Å². The minimum Gasteiger partial charge on any atom is -0.490 e. The van der Waals surface area contributed by atoms with Gasteiger partial charge in [0.1, 0.15) is 12.4 Å². The maximum Gasteiger partial charge on any atom is 0.147 e. The van der Waals surface area contributed by atoms with Gasteiger partial charge in [0.05, 0.1) is 8.95 Å². The molecule has 0 aliphatic carbocycles. The molecule has 0 aromatic heterocycles. The van der Waals surface area contributed by atoms with Crippen molar-refractivity contribution in [1.29, 1.82) is 0 Å². The van der Waals surface area contributed by atoms with Crippen LogP contribution in [0.1, 0.15) is 19.4 Å². The van der Waals surface area contributed by atoms with E-state index >= 15 is 0 Å². The van der Waals surface area contributed by atoms with Gasteiger partial charge in [0.2, 0.25) is 0 Å². The van der Waals surface area contributed by atoms with Crippen molar-refractivity contribution >= 4 is 55.9 Å². The second-order valence-corrected chi connectivity index (χ2v) is 5.87. The number of alkyl halides is 1. The summed E-state index contributed by atoms with van der Waals surface area (Å²) in [7, 11) is 0. The second kappa shape index (κ2) is 10.3. The van der Waals surface area contributed by atoms with E-state index in [0.717, 1.165) is 39.9 Å². The summed E-state index contributed by atoms with van der Waals surface area (Å²) in [6, 6.07) is 3.98. The number of benzene rings is 1. The van der Waals surface area contributed by atoms with E-state index < -0.39 is 0 Å². The van der Waals surface area contributed by atoms with E-state index in [0.29, 0.717) is 12.5 Å². The van der Waals surface area contributed by atoms with Gasteiger partial charge >= 0.3 is 0 Å². The maximum absolute atomic E-state index is 5.82. The Bertz CT molecular complexity index is 364. The Hall–Kier alpha value is 0.520. The summed E-state index contributed by atoms with van der Waals surface area (Å²) in [6.45, 7) is 8.03. The number of rotatable bonds is 7. The lowest BCUT2D eigenvalue weighted by Crippen LogP contribution is -2.28. The topological polar surface area (TPSA) is 12.5 Å². The molecule has 0 saturated heterocycles. The molecular formula is C13H19Br2Cl2NO. The van der Waals surface area contributed by atoms with Crippen molar-refractivity contribution in [3.63, 3.8) is 0 Å². The van der Waals surface area contributed by atoms with Gasteiger partial charge in [-0.15, -0.1) is 24.0 Å². The lowest BCUT2D eigenvalue weighted by molar-refractivity contribution is 0.221. The van der Waals surface area contributed by atoms with Gasteiger partial charge in [-0.05, 0) is 62.6 Å². The number of nitrogens with zero attached hydrogens (tertiary/aromatic N) is 1. The van der Waals surface area contributed by atoms with Gasteiger partial charge in [0, 0.05) is 12.4 Å². The minimum atomic E-state index is 0. The third-order valence-corrected chi connectivity index (χ3v) is 4.25. The summed E-state index contributed by atoms with van der Waals surface area (Å²) in [6.07, 6.45) is 0. The van der Waals surface area contributed by atoms with E-state index in [9.17, 15) is 0 Å². The molecule has 0 aliphatic rings. The van der Waals surface area contributed by atoms with Crippen molar-refractivity contribution in [2.24, 2.45) is 0 Å². The standard InChI is InChI=1S/C13H18Br2ClNO.ClH/c1-3-17(4-2)5-6-18-13-11(14)7-10(9-16)8-12(13)15;/h7-8H,3-6,9H2,1-2H3;1H. The fraction of sp³-hybridized carbons (Fsp3) is 0.538. The van der Waals surface area contributed by atoms with Crippen LogP contribution in [0.2, 0.25) is 0 Å². The van der Waals surface area contributed by atoms with Gasteiger partial charge in [-0.3, -0.25) is 0 Å². The van der Waals surface area contributed by atoms with Crippen molar-refractivity contribution < 1.29 is 4.74 Å². The first-order valence-electron chi connectivity index (χ1n) is 6.01. The van der Waals surface area contributed by atoms with E-state index in [1.54, 1.807) is 0 Å². The number of likely N-dealkylation sites (N-methyl/N-ethyl adjacent to an activating group) is 1. The molecule has 0 amide bonds. The normalized spacial score (nSPS) is 10.4. The van der Waals surface area contributed by atoms with Crippen LogP contribution in [-0.4, -0.2) is 31.1 Å². The van der Waals surface area contributed by atoms with E-state index in [1.807, 2.05) is 12.1 Å². The summed E-state index contributed by atoms with van der Waals surface area (Å²) in [5.74, 6) is 1.34. The highest BCUT2D eigenvalue weighted by atomic mass is 79.9. The molecule has 1 aromatic carbocycles. The number of ether oxygens (including phenoxy) is 1. The Kier molecular flexibility index (Phi) is 10.6. The van der Waals surface area contributed by atoms with E-state index in [4.69, 9.17) is 16.3 Å². The van der Waals surface area contributed by atoms with Crippen molar-refractivity contribution in [2.45, 2.75) is 19.7 Å². The summed E-state index contributed by atoms with van der Waals surface area (Å²) < 4.78 is 7.70. The first-order chi connectivity index (χ1) is 8.62. The molecule has 0 saturated carbocycles. The lowest BCUT2D eigenvalue weighted by atomic mass is 10.2. The molecule has 0 fully saturated rings. The van der Waals surface area contributed by atoms with Crippen LogP contribution < -0.4 is 4.74 Å². The number of hydrogen-bond donors (Lipinski definition) is 0. The lowest BCUT2D eigenvalue weighted by Gasteiger charge is -2.19. The molecule has 0 bridgehead atoms. The Morgan fingerprint density at radius 1 is 1.16 bits per heavy atom. The van der Waals surface area contributed by atoms with Crippen molar-refractivity contribution in [1.82, 2.24) is 4.90 Å². The molecule has 0 N–H and O–H groups in total. The molecule has 0 radical (unpaired) electrons. The zero-order valence-corrected chi connectivity index (χ0v) is 15.8. The van der Waals surface area contributed by atoms with Gasteiger partial charge in [0.15, 0.2) is 0 Å². The zero-order valence-electron chi connectivity index (χ0n) is 11.1. The fourth-order valence-corrected chi connectivity index (χ4v) is 3.31. The van der Waals surface area contributed by atoms with Crippen molar-refractivity contribution in [3.05, 3.63) is 26.6 Å². The van der Waals surface area contributed by atoms with E-state index in [2.05, 4.69) is 50.6 Å². The van der Waals surface area contributed by atoms with Gasteiger partial charge in [0.25, 0.3) is 0 Å². The molecule has 1 aromatic rings. The number of hydrogen-bond acceptors (Lipinski definition) is 2. The van der Waals surface area contributed by atoms with Crippen LogP contribution in [0, 0.1) is 0 Å². The predicted molar refractivity (Wildman–Crippen MR) is 91.9 cm³/mol. The Morgan fingerprint density at radius 2 is 1.68 bits per heavy atom. The maximum atomic E-state index is 5.82. The minimum absolute atomic E-state index is 0. The Morgan fingerprint density at radius 3 is 2.11 bits per heavy atom. The van der Waals surface area contributed by atoms with Crippen molar-refractivity contribution in [2.75, 3.05) is 26.2 Å². The SMILES string of the molecule is CCN(CC)CCOc1c(Br)cc(CCl)cc1Br.Cl. The van der Waals surface area contributed by atoms with Crippen LogP contribution >= 0.6 is 55.9 Å². The van der Waals surface area contributed by atoms with Crippen LogP contribution in [0.3, 0.4) is 0 Å². The molecular weight excluding hydrogens is 417 g/mol. The zero-order chi connectivity index (χ0) is 13.5. The van der Waals surface area contributed by atoms with Crippen molar-refractivity contribution in [3.8, 4) is 5.75 Å². The highest BCUT2D eigenvalue weighted by Gasteiger charge is 2.09. The van der Waals surface area contributed by atoms with Gasteiger partial charge < -0.3 is 9.64 Å². The average Bonchev–Trinajstić information content (AvgIpc) is 2.37. The van der Waals surface area contributed by atoms with Gasteiger partial charge in [-0.2, -0.15) is 0 Å². The van der Waals surface area contributed by atoms with E-state index in [-0.39, 0.29) is 12.4 Å². The third kappa shape index (κ3) is 6.21. The summed E-state index contributed by atoms with van der Waals surface area (Å²) in [4.78, 5) is 2.33. The number of halogens is 4. The quantitative estimate of drug-likeness (QED) is 0.553. The van der Waals surface area contributed by atoms with Crippen LogP contribution in [0.25, 0.3) is 0 Å². The molecule has 110 valence electrons. The smallest absolute Gasteiger partial charge is 0.147 e. The largest absolute Gasteiger partial charge is 0.490 e. The molecule has 0 atom stereocenters. The molecule has 19 heavy (non-hydrogen) atoms. The average molecular weight is 436 g/mol. The fourth-order valence-electron chi connectivity index (χ4n) is 1.64. The van der Waals surface area contributed by atoms with E-state index in [1.165, 1.54) is 0 Å². The molecule has 0 aliphatic heterocycles. The Balaban J connectivity index is 0.00000324. The van der Waals surface area contributed by atoms with Gasteiger partial charge in [-0.1, -0.05) is 13.8 Å². The van der Waals surface area contributed by atoms with Crippen LogP contribution in [0.15, 0.2) is 21.1 Å². The highest BCUT2D eigenvalue weighted by Crippen LogP contribution is 2.35. The summed E-state index contributed by atoms with van der Waals surface area (Å²) in [5.41, 5.74) is 1.06. The second-order valence-electron chi connectivity index (χ2n) is 3.90.